The van der Waals surface area contributed by atoms with E-state index < -0.39 is 10.0 Å². The summed E-state index contributed by atoms with van der Waals surface area (Å²) < 4.78 is 24.7. The molecule has 0 unspecified atom stereocenters. The molecule has 0 atom stereocenters. The fraction of sp³-hybridized carbons (Fsp3) is 0.417. The van der Waals surface area contributed by atoms with Gasteiger partial charge in [-0.2, -0.15) is 0 Å². The van der Waals surface area contributed by atoms with Gasteiger partial charge in [-0.05, 0) is 25.0 Å². The minimum Gasteiger partial charge on any atom is -0.389 e. The van der Waals surface area contributed by atoms with Gasteiger partial charge in [-0.15, -0.1) is 4.83 Å². The first-order valence-electron chi connectivity index (χ1n) is 6.27. The van der Waals surface area contributed by atoms with Crippen LogP contribution < -0.4 is 10.6 Å². The van der Waals surface area contributed by atoms with Crippen molar-refractivity contribution in [2.45, 2.75) is 24.2 Å². The number of nitrogens with one attached hydrogen (secondary N) is 1. The normalized spacial score (nSPS) is 17.1. The molecule has 8 heteroatoms. The van der Waals surface area contributed by atoms with E-state index in [1.807, 2.05) is 0 Å². The predicted molar refractivity (Wildman–Crippen MR) is 83.1 cm³/mol. The maximum atomic E-state index is 12.4. The molecule has 0 aromatic heterocycles. The number of piperidine rings is 1. The van der Waals surface area contributed by atoms with E-state index >= 15 is 0 Å². The highest BCUT2D eigenvalue weighted by Crippen LogP contribution is 2.23. The van der Waals surface area contributed by atoms with Crippen LogP contribution in [0.2, 0.25) is 5.02 Å². The van der Waals surface area contributed by atoms with Crippen molar-refractivity contribution in [2.24, 2.45) is 5.73 Å². The minimum absolute atomic E-state index is 0.00459. The lowest BCUT2D eigenvalue weighted by molar-refractivity contribution is 0.200. The number of rotatable bonds is 4. The molecule has 1 heterocycles. The number of nitrogens with zero attached hydrogens (tertiary/aromatic N) is 1. The number of hydrazine groups is 1. The average molecular weight is 334 g/mol. The van der Waals surface area contributed by atoms with E-state index in [1.54, 1.807) is 11.1 Å². The smallest absolute Gasteiger partial charge is 0.254 e. The number of thiocarbonyl (C=S) groups is 1. The molecule has 0 bridgehead atoms. The van der Waals surface area contributed by atoms with Crippen LogP contribution in [0.25, 0.3) is 0 Å². The van der Waals surface area contributed by atoms with Crippen molar-refractivity contribution in [2.75, 3.05) is 13.1 Å². The second kappa shape index (κ2) is 6.36. The Kier molecular flexibility index (Phi) is 4.98. The molecule has 1 aromatic carbocycles. The molecular formula is C12H16ClN3O2S2. The Morgan fingerprint density at radius 2 is 1.95 bits per heavy atom. The molecule has 0 aliphatic carbocycles. The summed E-state index contributed by atoms with van der Waals surface area (Å²) in [7, 11) is -3.72. The van der Waals surface area contributed by atoms with Gasteiger partial charge in [0, 0.05) is 18.7 Å². The fourth-order valence-corrected chi connectivity index (χ4v) is 3.84. The van der Waals surface area contributed by atoms with Crippen LogP contribution in [0.5, 0.6) is 0 Å². The molecule has 0 spiro atoms. The monoisotopic (exact) mass is 333 g/mol. The van der Waals surface area contributed by atoms with E-state index in [-0.39, 0.29) is 14.9 Å². The summed E-state index contributed by atoms with van der Waals surface area (Å²) in [5.41, 5.74) is 6.00. The zero-order valence-electron chi connectivity index (χ0n) is 10.8. The Bertz CT molecular complexity index is 613. The van der Waals surface area contributed by atoms with Gasteiger partial charge in [-0.25, -0.2) is 13.4 Å². The second-order valence-corrected chi connectivity index (χ2v) is 7.13. The van der Waals surface area contributed by atoms with Gasteiger partial charge in [0.1, 0.15) is 9.88 Å². The van der Waals surface area contributed by atoms with Gasteiger partial charge in [-0.3, -0.25) is 0 Å². The first kappa shape index (κ1) is 15.7. The molecule has 0 saturated carbocycles. The molecule has 2 rings (SSSR count). The van der Waals surface area contributed by atoms with E-state index in [1.165, 1.54) is 12.1 Å². The van der Waals surface area contributed by atoms with Crippen LogP contribution >= 0.6 is 23.8 Å². The molecule has 0 radical (unpaired) electrons. The number of hydrogen-bond acceptors (Lipinski definition) is 4. The number of sulfonamides is 1. The van der Waals surface area contributed by atoms with Crippen LogP contribution in [0.1, 0.15) is 24.8 Å². The van der Waals surface area contributed by atoms with E-state index in [0.717, 1.165) is 19.3 Å². The van der Waals surface area contributed by atoms with E-state index in [0.29, 0.717) is 18.7 Å². The Morgan fingerprint density at radius 1 is 1.30 bits per heavy atom. The third kappa shape index (κ3) is 3.67. The predicted octanol–water partition coefficient (Wildman–Crippen LogP) is 1.65. The maximum absolute atomic E-state index is 12.4. The molecule has 1 aromatic rings. The average Bonchev–Trinajstić information content (AvgIpc) is 2.39. The molecule has 3 N–H and O–H groups in total. The standard InChI is InChI=1S/C12H16ClN3O2S2/c13-10-5-4-9(12(14)19)8-11(10)20(17,18)15-16-6-2-1-3-7-16/h4-5,8,15H,1-3,6-7H2,(H2,14,19). The highest BCUT2D eigenvalue weighted by Gasteiger charge is 2.23. The van der Waals surface area contributed by atoms with Gasteiger partial charge >= 0.3 is 0 Å². The Labute approximate surface area is 129 Å². The van der Waals surface area contributed by atoms with Crippen LogP contribution in [0.15, 0.2) is 23.1 Å². The molecule has 1 aliphatic rings. The van der Waals surface area contributed by atoms with Gasteiger partial charge in [0.05, 0.1) is 5.02 Å². The maximum Gasteiger partial charge on any atom is 0.254 e. The molecule has 1 aliphatic heterocycles. The van der Waals surface area contributed by atoms with Crippen LogP contribution in [0.3, 0.4) is 0 Å². The number of hydrogen-bond donors (Lipinski definition) is 2. The lowest BCUT2D eigenvalue weighted by Crippen LogP contribution is -2.45. The summed E-state index contributed by atoms with van der Waals surface area (Å²) in [6, 6.07) is 4.49. The summed E-state index contributed by atoms with van der Waals surface area (Å²) in [6.07, 6.45) is 3.07. The van der Waals surface area contributed by atoms with Crippen LogP contribution in [-0.2, 0) is 10.0 Å². The van der Waals surface area contributed by atoms with E-state index in [9.17, 15) is 8.42 Å². The van der Waals surface area contributed by atoms with Crippen LogP contribution in [-0.4, -0.2) is 31.5 Å². The molecule has 20 heavy (non-hydrogen) atoms. The molecule has 110 valence electrons. The summed E-state index contributed by atoms with van der Waals surface area (Å²) in [5, 5.41) is 1.84. The highest BCUT2D eigenvalue weighted by atomic mass is 35.5. The lowest BCUT2D eigenvalue weighted by Gasteiger charge is -2.26. The molecule has 1 fully saturated rings. The third-order valence-electron chi connectivity index (χ3n) is 3.11. The van der Waals surface area contributed by atoms with Crippen molar-refractivity contribution >= 4 is 38.8 Å². The van der Waals surface area contributed by atoms with Crippen LogP contribution in [0, 0.1) is 0 Å². The number of nitrogens with two attached hydrogens (primary N) is 1. The topological polar surface area (TPSA) is 75.4 Å². The molecule has 0 amide bonds. The zero-order valence-corrected chi connectivity index (χ0v) is 13.2. The van der Waals surface area contributed by atoms with Crippen molar-refractivity contribution < 1.29 is 8.42 Å². The third-order valence-corrected chi connectivity index (χ3v) is 5.20. The Balaban J connectivity index is 2.28. The van der Waals surface area contributed by atoms with Crippen molar-refractivity contribution in [3.05, 3.63) is 28.8 Å². The SMILES string of the molecule is NC(=S)c1ccc(Cl)c(S(=O)(=O)NN2CCCCC2)c1. The highest BCUT2D eigenvalue weighted by molar-refractivity contribution is 7.89. The molecular weight excluding hydrogens is 318 g/mol. The Morgan fingerprint density at radius 3 is 2.55 bits per heavy atom. The zero-order chi connectivity index (χ0) is 14.8. The van der Waals surface area contributed by atoms with E-state index in [4.69, 9.17) is 29.6 Å². The molecule has 5 nitrogen and oxygen atoms in total. The fourth-order valence-electron chi connectivity index (χ4n) is 2.07. The number of benzene rings is 1. The van der Waals surface area contributed by atoms with Crippen molar-refractivity contribution in [3.63, 3.8) is 0 Å². The second-order valence-electron chi connectivity index (χ2n) is 4.65. The van der Waals surface area contributed by atoms with Crippen molar-refractivity contribution in [1.29, 1.82) is 0 Å². The summed E-state index contributed by atoms with van der Waals surface area (Å²) >= 11 is 10.8. The summed E-state index contributed by atoms with van der Waals surface area (Å²) in [5.74, 6) is 0. The first-order chi connectivity index (χ1) is 9.40. The van der Waals surface area contributed by atoms with Crippen molar-refractivity contribution in [3.8, 4) is 0 Å². The van der Waals surface area contributed by atoms with Gasteiger partial charge < -0.3 is 5.73 Å². The summed E-state index contributed by atoms with van der Waals surface area (Å²) in [6.45, 7) is 1.40. The van der Waals surface area contributed by atoms with Gasteiger partial charge in [0.15, 0.2) is 0 Å². The lowest BCUT2D eigenvalue weighted by atomic mass is 10.2. The van der Waals surface area contributed by atoms with Gasteiger partial charge in [0.25, 0.3) is 10.0 Å². The largest absolute Gasteiger partial charge is 0.389 e. The summed E-state index contributed by atoms with van der Waals surface area (Å²) in [4.78, 5) is 2.69. The van der Waals surface area contributed by atoms with Crippen LogP contribution in [0.4, 0.5) is 0 Å². The van der Waals surface area contributed by atoms with Crippen molar-refractivity contribution in [1.82, 2.24) is 9.84 Å². The van der Waals surface area contributed by atoms with Gasteiger partial charge in [-0.1, -0.05) is 36.3 Å². The molecule has 1 saturated heterocycles. The number of halogens is 1. The first-order valence-corrected chi connectivity index (χ1v) is 8.54. The van der Waals surface area contributed by atoms with E-state index in [2.05, 4.69) is 4.83 Å². The minimum atomic E-state index is -3.72. The van der Waals surface area contributed by atoms with Gasteiger partial charge in [0.2, 0.25) is 0 Å². The quantitative estimate of drug-likeness (QED) is 0.819. The Hall–Kier alpha value is -0.730.